The van der Waals surface area contributed by atoms with Gasteiger partial charge in [0.05, 0.1) is 0 Å². The minimum absolute atomic E-state index is 0.138. The predicted molar refractivity (Wildman–Crippen MR) is 74.9 cm³/mol. The van der Waals surface area contributed by atoms with Crippen molar-refractivity contribution in [3.63, 3.8) is 0 Å². The largest absolute Gasteiger partial charge is 0.483 e. The third-order valence-corrected chi connectivity index (χ3v) is 3.41. The first-order chi connectivity index (χ1) is 8.85. The molecule has 18 heavy (non-hydrogen) atoms. The van der Waals surface area contributed by atoms with E-state index in [0.717, 1.165) is 16.2 Å². The molecule has 1 atom stereocenters. The molecule has 0 fully saturated rings. The fourth-order valence-corrected chi connectivity index (χ4v) is 2.23. The Kier molecular flexibility index (Phi) is 4.61. The summed E-state index contributed by atoms with van der Waals surface area (Å²) < 4.78 is 6.00. The van der Waals surface area contributed by atoms with E-state index < -0.39 is 0 Å². The Bertz CT molecular complexity index is 490. The second kappa shape index (κ2) is 6.42. The van der Waals surface area contributed by atoms with Gasteiger partial charge < -0.3 is 10.5 Å². The van der Waals surface area contributed by atoms with Crippen molar-refractivity contribution in [2.45, 2.75) is 11.0 Å². The van der Waals surface area contributed by atoms with Crippen molar-refractivity contribution in [1.29, 1.82) is 0 Å². The van der Waals surface area contributed by atoms with E-state index in [-0.39, 0.29) is 6.10 Å². The maximum atomic E-state index is 6.00. The highest BCUT2D eigenvalue weighted by Gasteiger charge is 2.13. The molecule has 2 rings (SSSR count). The van der Waals surface area contributed by atoms with Gasteiger partial charge in [-0.1, -0.05) is 12.1 Å². The van der Waals surface area contributed by atoms with Gasteiger partial charge in [0, 0.05) is 23.8 Å². The van der Waals surface area contributed by atoms with Gasteiger partial charge in [-0.05, 0) is 36.1 Å². The van der Waals surface area contributed by atoms with E-state index in [9.17, 15) is 0 Å². The van der Waals surface area contributed by atoms with E-state index >= 15 is 0 Å². The lowest BCUT2D eigenvalue weighted by Crippen LogP contribution is -2.18. The van der Waals surface area contributed by atoms with Crippen molar-refractivity contribution in [1.82, 2.24) is 4.98 Å². The molecule has 0 spiro atoms. The first-order valence-corrected chi connectivity index (χ1v) is 6.97. The molecule has 1 aromatic heterocycles. The third-order valence-electron chi connectivity index (χ3n) is 2.63. The molecule has 2 aromatic rings. The summed E-state index contributed by atoms with van der Waals surface area (Å²) >= 11 is 1.66. The smallest absolute Gasteiger partial charge is 0.136 e. The molecule has 0 aliphatic carbocycles. The summed E-state index contributed by atoms with van der Waals surface area (Å²) in [5.41, 5.74) is 6.84. The third kappa shape index (κ3) is 3.03. The molecule has 2 N–H and O–H groups in total. The number of hydrogen-bond donors (Lipinski definition) is 1. The van der Waals surface area contributed by atoms with Gasteiger partial charge in [0.1, 0.15) is 11.9 Å². The minimum atomic E-state index is -0.138. The van der Waals surface area contributed by atoms with E-state index in [1.165, 1.54) is 0 Å². The maximum absolute atomic E-state index is 6.00. The lowest BCUT2D eigenvalue weighted by molar-refractivity contribution is 0.209. The zero-order valence-corrected chi connectivity index (χ0v) is 11.1. The molecule has 1 unspecified atom stereocenters. The van der Waals surface area contributed by atoms with E-state index in [0.29, 0.717) is 6.54 Å². The van der Waals surface area contributed by atoms with Crippen molar-refractivity contribution in [3.05, 3.63) is 54.4 Å². The zero-order chi connectivity index (χ0) is 12.8. The van der Waals surface area contributed by atoms with Crippen LogP contribution in [0.25, 0.3) is 0 Å². The molecule has 0 saturated carbocycles. The summed E-state index contributed by atoms with van der Waals surface area (Å²) in [4.78, 5) is 5.12. The van der Waals surface area contributed by atoms with Gasteiger partial charge in [-0.15, -0.1) is 11.8 Å². The van der Waals surface area contributed by atoms with E-state index in [1.54, 1.807) is 24.2 Å². The molecule has 1 aromatic carbocycles. The summed E-state index contributed by atoms with van der Waals surface area (Å²) in [6.45, 7) is 0.437. The quantitative estimate of drug-likeness (QED) is 0.840. The molecule has 94 valence electrons. The summed E-state index contributed by atoms with van der Waals surface area (Å²) in [5, 5.41) is 0. The highest BCUT2D eigenvalue weighted by atomic mass is 32.2. The molecule has 0 radical (unpaired) electrons. The Morgan fingerprint density at radius 3 is 2.61 bits per heavy atom. The second-order valence-corrected chi connectivity index (χ2v) is 4.62. The number of nitrogens with zero attached hydrogens (tertiary/aromatic N) is 1. The Hall–Kier alpha value is -1.52. The number of ether oxygens (including phenoxy) is 1. The van der Waals surface area contributed by atoms with Gasteiger partial charge in [0.2, 0.25) is 0 Å². The van der Waals surface area contributed by atoms with Crippen molar-refractivity contribution in [2.75, 3.05) is 12.8 Å². The number of hydrogen-bond acceptors (Lipinski definition) is 4. The first-order valence-electron chi connectivity index (χ1n) is 5.75. The standard InChI is InChI=1S/C14H16N2OS/c1-18-14-5-3-2-4-12(14)17-13(10-15)11-6-8-16-9-7-11/h2-9,13H,10,15H2,1H3. The number of para-hydroxylation sites is 1. The van der Waals surface area contributed by atoms with Gasteiger partial charge in [-0.2, -0.15) is 0 Å². The topological polar surface area (TPSA) is 48.1 Å². The Morgan fingerprint density at radius 2 is 1.94 bits per heavy atom. The maximum Gasteiger partial charge on any atom is 0.136 e. The van der Waals surface area contributed by atoms with Crippen LogP contribution in [-0.4, -0.2) is 17.8 Å². The lowest BCUT2D eigenvalue weighted by atomic mass is 10.1. The zero-order valence-electron chi connectivity index (χ0n) is 10.2. The average Bonchev–Trinajstić information content (AvgIpc) is 2.46. The molecule has 0 amide bonds. The van der Waals surface area contributed by atoms with Crippen LogP contribution in [0, 0.1) is 0 Å². The Morgan fingerprint density at radius 1 is 1.22 bits per heavy atom. The van der Waals surface area contributed by atoms with Crippen molar-refractivity contribution >= 4 is 11.8 Å². The van der Waals surface area contributed by atoms with Crippen LogP contribution in [0.1, 0.15) is 11.7 Å². The van der Waals surface area contributed by atoms with Crippen LogP contribution in [0.2, 0.25) is 0 Å². The van der Waals surface area contributed by atoms with Crippen molar-refractivity contribution < 1.29 is 4.74 Å². The molecular formula is C14H16N2OS. The number of pyridine rings is 1. The molecule has 0 aliphatic heterocycles. The number of thioether (sulfide) groups is 1. The number of nitrogens with two attached hydrogens (primary N) is 1. The Labute approximate surface area is 111 Å². The molecule has 0 saturated heterocycles. The van der Waals surface area contributed by atoms with Gasteiger partial charge in [0.15, 0.2) is 0 Å². The van der Waals surface area contributed by atoms with E-state index in [1.807, 2.05) is 42.7 Å². The van der Waals surface area contributed by atoms with Crippen LogP contribution in [0.5, 0.6) is 5.75 Å². The molecular weight excluding hydrogens is 244 g/mol. The summed E-state index contributed by atoms with van der Waals surface area (Å²) in [7, 11) is 0. The van der Waals surface area contributed by atoms with Crippen LogP contribution < -0.4 is 10.5 Å². The number of benzene rings is 1. The SMILES string of the molecule is CSc1ccccc1OC(CN)c1ccncc1. The molecule has 3 nitrogen and oxygen atoms in total. The fourth-order valence-electron chi connectivity index (χ4n) is 1.70. The van der Waals surface area contributed by atoms with Crippen LogP contribution in [0.15, 0.2) is 53.7 Å². The monoisotopic (exact) mass is 260 g/mol. The van der Waals surface area contributed by atoms with Gasteiger partial charge in [-0.25, -0.2) is 0 Å². The average molecular weight is 260 g/mol. The molecule has 1 heterocycles. The van der Waals surface area contributed by atoms with Gasteiger partial charge in [-0.3, -0.25) is 4.98 Å². The molecule has 0 bridgehead atoms. The minimum Gasteiger partial charge on any atom is -0.483 e. The summed E-state index contributed by atoms with van der Waals surface area (Å²) in [6.07, 6.45) is 5.40. The first kappa shape index (κ1) is 12.9. The highest BCUT2D eigenvalue weighted by Crippen LogP contribution is 2.30. The van der Waals surface area contributed by atoms with Crippen molar-refractivity contribution in [3.8, 4) is 5.75 Å². The van der Waals surface area contributed by atoms with Crippen LogP contribution in [-0.2, 0) is 0 Å². The van der Waals surface area contributed by atoms with Crippen molar-refractivity contribution in [2.24, 2.45) is 5.73 Å². The predicted octanol–water partition coefficient (Wildman–Crippen LogP) is 2.88. The molecule has 4 heteroatoms. The Balaban J connectivity index is 2.21. The highest BCUT2D eigenvalue weighted by molar-refractivity contribution is 7.98. The van der Waals surface area contributed by atoms with Gasteiger partial charge >= 0.3 is 0 Å². The lowest BCUT2D eigenvalue weighted by Gasteiger charge is -2.19. The normalized spacial score (nSPS) is 12.1. The second-order valence-electron chi connectivity index (χ2n) is 3.77. The summed E-state index contributed by atoms with van der Waals surface area (Å²) in [5.74, 6) is 0.872. The number of aromatic nitrogens is 1. The van der Waals surface area contributed by atoms with Crippen LogP contribution in [0.3, 0.4) is 0 Å². The van der Waals surface area contributed by atoms with Gasteiger partial charge in [0.25, 0.3) is 0 Å². The van der Waals surface area contributed by atoms with E-state index in [4.69, 9.17) is 10.5 Å². The van der Waals surface area contributed by atoms with E-state index in [2.05, 4.69) is 4.98 Å². The fraction of sp³-hybridized carbons (Fsp3) is 0.214. The van der Waals surface area contributed by atoms with Crippen LogP contribution >= 0.6 is 11.8 Å². The summed E-state index contributed by atoms with van der Waals surface area (Å²) in [6, 6.07) is 11.8. The van der Waals surface area contributed by atoms with Crippen LogP contribution in [0.4, 0.5) is 0 Å². The molecule has 0 aliphatic rings. The number of rotatable bonds is 5.